The van der Waals surface area contributed by atoms with Crippen LogP contribution < -0.4 is 10.6 Å². The highest BCUT2D eigenvalue weighted by Crippen LogP contribution is 2.43. The van der Waals surface area contributed by atoms with E-state index in [4.69, 9.17) is 28.9 Å². The summed E-state index contributed by atoms with van der Waals surface area (Å²) in [5.41, 5.74) is 5.46. The van der Waals surface area contributed by atoms with Crippen LogP contribution >= 0.6 is 0 Å². The van der Waals surface area contributed by atoms with Gasteiger partial charge >= 0.3 is 12.2 Å². The van der Waals surface area contributed by atoms with E-state index in [1.165, 1.54) is 14.2 Å². The Morgan fingerprint density at radius 1 is 0.710 bits per heavy atom. The number of rotatable bonds is 9. The molecule has 6 aromatic rings. The third-order valence-electron chi connectivity index (χ3n) is 12.7. The maximum atomic E-state index is 14.1. The fraction of sp³-hybridized carbons (Fsp3) is 0.435. The molecule has 3 aliphatic rings. The standard InChI is InChI=1S/C46H52N8O8/c1-24(2)36(51-44(57)59-5)42(55)53-17-7-8-34(53)40-47-32-15-11-28-20-26(9-13-30(28)38(32)49-40)27-10-14-31-29(21-27)12-16-33-39(31)50-41(48-33)35-22-46(61-18-19-62-46)23-54(35)43(56)37(25(3)4)52-45(58)60-6/h9-16,20-21,24-25,34-37H,7-8,17-19,22-23H2,1-6H3,(H,47,49)(H,48,50)(H,51,57)(H,52,58)/t34-,35-,36-,37-/m0/s1. The molecule has 4 atom stereocenters. The molecule has 4 N–H and O–H groups in total. The second-order valence-corrected chi connectivity index (χ2v) is 17.2. The first-order valence-corrected chi connectivity index (χ1v) is 21.3. The number of hydrogen-bond acceptors (Lipinski definition) is 10. The van der Waals surface area contributed by atoms with E-state index in [1.54, 1.807) is 4.90 Å². The molecular weight excluding hydrogens is 793 g/mol. The normalized spacial score (nSPS) is 19.7. The molecule has 324 valence electrons. The van der Waals surface area contributed by atoms with Crippen molar-refractivity contribution in [3.8, 4) is 11.1 Å². The lowest BCUT2D eigenvalue weighted by molar-refractivity contribution is -0.153. The molecule has 1 spiro atoms. The third-order valence-corrected chi connectivity index (χ3v) is 12.7. The number of alkyl carbamates (subject to hydrolysis) is 2. The number of nitrogens with one attached hydrogen (secondary N) is 4. The largest absolute Gasteiger partial charge is 0.453 e. The summed E-state index contributed by atoms with van der Waals surface area (Å²) in [6.07, 6.45) is 0.694. The average molecular weight is 845 g/mol. The van der Waals surface area contributed by atoms with E-state index in [0.717, 1.165) is 73.4 Å². The molecule has 4 amide bonds. The van der Waals surface area contributed by atoms with Gasteiger partial charge in [-0.05, 0) is 70.8 Å². The minimum Gasteiger partial charge on any atom is -0.453 e. The molecule has 5 heterocycles. The van der Waals surface area contributed by atoms with Gasteiger partial charge in [0.1, 0.15) is 23.7 Å². The van der Waals surface area contributed by atoms with Crippen LogP contribution in [0.4, 0.5) is 9.59 Å². The monoisotopic (exact) mass is 844 g/mol. The first kappa shape index (κ1) is 41.1. The lowest BCUT2D eigenvalue weighted by Gasteiger charge is -2.30. The molecule has 62 heavy (non-hydrogen) atoms. The first-order valence-electron chi connectivity index (χ1n) is 21.3. The second kappa shape index (κ2) is 16.2. The highest BCUT2D eigenvalue weighted by molar-refractivity contribution is 6.07. The van der Waals surface area contributed by atoms with E-state index in [2.05, 4.69) is 69.1 Å². The third kappa shape index (κ3) is 7.34. The fourth-order valence-electron chi connectivity index (χ4n) is 9.42. The van der Waals surface area contributed by atoms with Gasteiger partial charge in [-0.2, -0.15) is 0 Å². The molecule has 0 unspecified atom stereocenters. The molecule has 16 nitrogen and oxygen atoms in total. The van der Waals surface area contributed by atoms with Crippen molar-refractivity contribution in [1.29, 1.82) is 0 Å². The number of carbonyl (C=O) groups is 4. The number of aromatic nitrogens is 4. The summed E-state index contributed by atoms with van der Waals surface area (Å²) in [6, 6.07) is 18.7. The summed E-state index contributed by atoms with van der Waals surface area (Å²) >= 11 is 0. The number of methoxy groups -OCH3 is 2. The fourth-order valence-corrected chi connectivity index (χ4v) is 9.42. The van der Waals surface area contributed by atoms with Crippen LogP contribution in [0.25, 0.3) is 54.7 Å². The maximum absolute atomic E-state index is 14.1. The number of imidazole rings is 2. The maximum Gasteiger partial charge on any atom is 0.407 e. The molecule has 0 radical (unpaired) electrons. The van der Waals surface area contributed by atoms with Crippen LogP contribution in [-0.4, -0.2) is 112 Å². The molecule has 3 aliphatic heterocycles. The van der Waals surface area contributed by atoms with Crippen molar-refractivity contribution in [2.24, 2.45) is 11.8 Å². The molecule has 3 saturated heterocycles. The number of H-pyrrole nitrogens is 2. The molecule has 0 bridgehead atoms. The average Bonchev–Trinajstić information content (AvgIpc) is 4.13. The molecule has 0 saturated carbocycles. The SMILES string of the molecule is COC(=O)N[C@H](C(=O)N1CCC[C@H]1c1nc2ccc3cc(-c4ccc5c(ccc6nc([C@@H]7CC8(CN7C(=O)[C@@H](NC(=O)OC)C(C)C)OCCO8)[nH]c65)c4)ccc3c2[nH]1)C(C)C. The van der Waals surface area contributed by atoms with Crippen LogP contribution in [0.3, 0.4) is 0 Å². The Morgan fingerprint density at radius 3 is 1.71 bits per heavy atom. The Labute approximate surface area is 358 Å². The summed E-state index contributed by atoms with van der Waals surface area (Å²) < 4.78 is 21.8. The van der Waals surface area contributed by atoms with E-state index in [1.807, 2.05) is 44.7 Å². The van der Waals surface area contributed by atoms with E-state index < -0.39 is 36.1 Å². The molecule has 4 aromatic carbocycles. The minimum atomic E-state index is -0.949. The molecule has 0 aliphatic carbocycles. The van der Waals surface area contributed by atoms with Crippen molar-refractivity contribution in [3.63, 3.8) is 0 Å². The lowest BCUT2D eigenvalue weighted by Crippen LogP contribution is -2.52. The van der Waals surface area contributed by atoms with Gasteiger partial charge < -0.3 is 49.3 Å². The minimum absolute atomic E-state index is 0.121. The second-order valence-electron chi connectivity index (χ2n) is 17.2. The summed E-state index contributed by atoms with van der Waals surface area (Å²) in [6.45, 7) is 9.22. The molecular formula is C46H52N8O8. The number of carbonyl (C=O) groups excluding carboxylic acids is 4. The van der Waals surface area contributed by atoms with Gasteiger partial charge in [0.15, 0.2) is 5.79 Å². The van der Waals surface area contributed by atoms with Gasteiger partial charge in [-0.25, -0.2) is 19.6 Å². The van der Waals surface area contributed by atoms with Gasteiger partial charge in [0.25, 0.3) is 0 Å². The number of amides is 4. The van der Waals surface area contributed by atoms with Crippen molar-refractivity contribution in [1.82, 2.24) is 40.4 Å². The van der Waals surface area contributed by atoms with E-state index in [-0.39, 0.29) is 36.2 Å². The summed E-state index contributed by atoms with van der Waals surface area (Å²) in [5.74, 6) is -0.329. The highest BCUT2D eigenvalue weighted by atomic mass is 16.7. The van der Waals surface area contributed by atoms with Gasteiger partial charge in [0.05, 0.1) is 68.1 Å². The van der Waals surface area contributed by atoms with Crippen molar-refractivity contribution >= 4 is 67.6 Å². The predicted molar refractivity (Wildman–Crippen MR) is 232 cm³/mol. The number of nitrogens with zero attached hydrogens (tertiary/aromatic N) is 4. The first-order chi connectivity index (χ1) is 29.9. The van der Waals surface area contributed by atoms with Crippen LogP contribution in [0, 0.1) is 11.8 Å². The topological polar surface area (TPSA) is 193 Å². The van der Waals surface area contributed by atoms with Gasteiger partial charge in [-0.15, -0.1) is 0 Å². The highest BCUT2D eigenvalue weighted by Gasteiger charge is 2.53. The summed E-state index contributed by atoms with van der Waals surface area (Å²) in [7, 11) is 2.57. The Morgan fingerprint density at radius 2 is 1.21 bits per heavy atom. The summed E-state index contributed by atoms with van der Waals surface area (Å²) in [4.78, 5) is 72.8. The zero-order valence-corrected chi connectivity index (χ0v) is 35.7. The van der Waals surface area contributed by atoms with Crippen LogP contribution in [0.15, 0.2) is 60.7 Å². The smallest absolute Gasteiger partial charge is 0.407 e. The number of ether oxygens (including phenoxy) is 4. The number of likely N-dealkylation sites (tertiary alicyclic amines) is 2. The van der Waals surface area contributed by atoms with Crippen LogP contribution in [0.1, 0.15) is 70.7 Å². The van der Waals surface area contributed by atoms with Gasteiger partial charge in [0.2, 0.25) is 11.8 Å². The van der Waals surface area contributed by atoms with Gasteiger partial charge in [0, 0.05) is 23.7 Å². The van der Waals surface area contributed by atoms with E-state index >= 15 is 0 Å². The van der Waals surface area contributed by atoms with Crippen LogP contribution in [-0.2, 0) is 28.5 Å². The number of aromatic amines is 2. The van der Waals surface area contributed by atoms with Crippen molar-refractivity contribution in [2.45, 2.75) is 76.9 Å². The number of hydrogen-bond donors (Lipinski definition) is 4. The Balaban J connectivity index is 0.991. The lowest BCUT2D eigenvalue weighted by atomic mass is 9.98. The summed E-state index contributed by atoms with van der Waals surface area (Å²) in [5, 5.41) is 9.52. The molecule has 2 aromatic heterocycles. The van der Waals surface area contributed by atoms with Crippen LogP contribution in [0.5, 0.6) is 0 Å². The number of fused-ring (bicyclic) bond motifs is 6. The number of benzene rings is 4. The van der Waals surface area contributed by atoms with Crippen molar-refractivity contribution < 1.29 is 38.1 Å². The Kier molecular flexibility index (Phi) is 10.8. The Bertz CT molecular complexity index is 2720. The quantitative estimate of drug-likeness (QED) is 0.120. The van der Waals surface area contributed by atoms with Crippen LogP contribution in [0.2, 0.25) is 0 Å². The van der Waals surface area contributed by atoms with E-state index in [0.29, 0.717) is 32.0 Å². The predicted octanol–water partition coefficient (Wildman–Crippen LogP) is 6.85. The molecule has 3 fully saturated rings. The zero-order valence-electron chi connectivity index (χ0n) is 35.7. The van der Waals surface area contributed by atoms with E-state index in [9.17, 15) is 19.2 Å². The molecule has 16 heteroatoms. The zero-order chi connectivity index (χ0) is 43.4. The Hall–Kier alpha value is -6.26. The van der Waals surface area contributed by atoms with Crippen molar-refractivity contribution in [3.05, 3.63) is 72.3 Å². The van der Waals surface area contributed by atoms with Crippen molar-refractivity contribution in [2.75, 3.05) is 40.5 Å². The van der Waals surface area contributed by atoms with Gasteiger partial charge in [-0.1, -0.05) is 64.1 Å². The molecule has 9 rings (SSSR count). The van der Waals surface area contributed by atoms with Gasteiger partial charge in [-0.3, -0.25) is 9.59 Å².